The number of rotatable bonds is 4. The van der Waals surface area contributed by atoms with E-state index in [0.717, 1.165) is 0 Å². The highest BCUT2D eigenvalue weighted by atomic mass is 16.6. The van der Waals surface area contributed by atoms with E-state index in [4.69, 9.17) is 28.4 Å². The molecule has 4 saturated carbocycles. The van der Waals surface area contributed by atoms with Gasteiger partial charge in [0.05, 0.1) is 11.5 Å². The Hall–Kier alpha value is -3.29. The molecule has 2 heterocycles. The van der Waals surface area contributed by atoms with E-state index in [9.17, 15) is 29.4 Å². The fourth-order valence-electron chi connectivity index (χ4n) is 12.9. The molecule has 2 saturated heterocycles. The van der Waals surface area contributed by atoms with Crippen molar-refractivity contribution in [2.24, 2.45) is 57.7 Å². The molecule has 7 aliphatic rings. The van der Waals surface area contributed by atoms with Crippen molar-refractivity contribution in [2.45, 2.75) is 123 Å². The number of allylic oxidation sites excluding steroid dienone is 1. The number of carbonyl (C=O) groups excluding carboxylic acids is 5. The van der Waals surface area contributed by atoms with Crippen LogP contribution in [0.2, 0.25) is 0 Å². The lowest BCUT2D eigenvalue weighted by Gasteiger charge is -2.67. The lowest BCUT2D eigenvalue weighted by molar-refractivity contribution is -0.283. The molecule has 0 radical (unpaired) electrons. The van der Waals surface area contributed by atoms with Crippen LogP contribution < -0.4 is 0 Å². The lowest BCUT2D eigenvalue weighted by Crippen LogP contribution is -2.79. The summed E-state index contributed by atoms with van der Waals surface area (Å²) in [5.74, 6) is -7.45. The molecule has 7 rings (SSSR count). The first-order valence-electron chi connectivity index (χ1n) is 17.9. The molecule has 0 bridgehead atoms. The zero-order chi connectivity index (χ0) is 37.7. The summed E-state index contributed by atoms with van der Waals surface area (Å²) in [5, 5.41) is 25.0. The number of aliphatic hydroxyl groups is 2. The van der Waals surface area contributed by atoms with E-state index in [-0.39, 0.29) is 18.1 Å². The lowest BCUT2D eigenvalue weighted by atomic mass is 9.38. The molecule has 0 spiro atoms. The van der Waals surface area contributed by atoms with E-state index in [2.05, 4.69) is 6.58 Å². The number of epoxide rings is 1. The number of esters is 4. The van der Waals surface area contributed by atoms with Gasteiger partial charge >= 0.3 is 23.9 Å². The molecule has 13 heteroatoms. The van der Waals surface area contributed by atoms with Gasteiger partial charge in [-0.25, -0.2) is 0 Å². The Labute approximate surface area is 297 Å². The van der Waals surface area contributed by atoms with Gasteiger partial charge in [-0.15, -0.1) is 0 Å². The van der Waals surface area contributed by atoms with E-state index in [1.807, 2.05) is 33.8 Å². The molecule has 51 heavy (non-hydrogen) atoms. The van der Waals surface area contributed by atoms with Gasteiger partial charge in [-0.05, 0) is 43.6 Å². The van der Waals surface area contributed by atoms with Crippen LogP contribution in [0.15, 0.2) is 24.2 Å². The molecule has 13 nitrogen and oxygen atoms in total. The maximum atomic E-state index is 15.0. The smallest absolute Gasteiger partial charge is 0.303 e. The van der Waals surface area contributed by atoms with Gasteiger partial charge in [-0.2, -0.15) is 0 Å². The zero-order valence-electron chi connectivity index (χ0n) is 30.9. The largest absolute Gasteiger partial charge is 0.463 e. The summed E-state index contributed by atoms with van der Waals surface area (Å²) in [6.07, 6.45) is -3.94. The van der Waals surface area contributed by atoms with Crippen molar-refractivity contribution in [2.75, 3.05) is 0 Å². The van der Waals surface area contributed by atoms with Crippen LogP contribution >= 0.6 is 0 Å². The van der Waals surface area contributed by atoms with Crippen LogP contribution in [-0.4, -0.2) is 87.7 Å². The molecule has 2 aliphatic heterocycles. The average molecular weight is 715 g/mol. The van der Waals surface area contributed by atoms with Gasteiger partial charge in [0.2, 0.25) is 5.78 Å². The summed E-state index contributed by atoms with van der Waals surface area (Å²) >= 11 is 0. The topological polar surface area (TPSA) is 184 Å². The minimum Gasteiger partial charge on any atom is -0.463 e. The van der Waals surface area contributed by atoms with Gasteiger partial charge in [0.25, 0.3) is 0 Å². The van der Waals surface area contributed by atoms with Gasteiger partial charge in [-0.1, -0.05) is 34.3 Å². The van der Waals surface area contributed by atoms with Crippen LogP contribution in [0.3, 0.4) is 0 Å². The fourth-order valence-corrected chi connectivity index (χ4v) is 12.9. The molecule has 5 aliphatic carbocycles. The van der Waals surface area contributed by atoms with Crippen molar-refractivity contribution < 1.29 is 62.6 Å². The number of hydrogen-bond acceptors (Lipinski definition) is 13. The van der Waals surface area contributed by atoms with Crippen molar-refractivity contribution in [1.82, 2.24) is 0 Å². The number of Topliss-reactive ketones (excluding diaryl/α,β-unsaturated/α-hetero) is 1. The van der Waals surface area contributed by atoms with E-state index in [1.165, 1.54) is 27.7 Å². The predicted molar refractivity (Wildman–Crippen MR) is 174 cm³/mol. The Morgan fingerprint density at radius 2 is 1.39 bits per heavy atom. The minimum atomic E-state index is -2.19. The van der Waals surface area contributed by atoms with E-state index in [0.29, 0.717) is 5.76 Å². The summed E-state index contributed by atoms with van der Waals surface area (Å²) in [5.41, 5.74) is -7.67. The molecule has 0 amide bonds. The second-order valence-corrected chi connectivity index (χ2v) is 17.1. The van der Waals surface area contributed by atoms with E-state index < -0.39 is 129 Å². The molecule has 0 aromatic heterocycles. The molecule has 4 unspecified atom stereocenters. The molecule has 6 fully saturated rings. The molecule has 280 valence electrons. The fraction of sp³-hybridized carbons (Fsp3) is 0.763. The number of hydrogen-bond donors (Lipinski definition) is 2. The molecule has 18 atom stereocenters. The van der Waals surface area contributed by atoms with Gasteiger partial charge in [0, 0.05) is 62.7 Å². The minimum absolute atomic E-state index is 0.123. The number of ketones is 1. The maximum absolute atomic E-state index is 15.0. The first-order chi connectivity index (χ1) is 23.5. The van der Waals surface area contributed by atoms with E-state index >= 15 is 4.79 Å². The Balaban J connectivity index is 1.55. The van der Waals surface area contributed by atoms with Crippen LogP contribution in [0.1, 0.15) is 75.7 Å². The molecule has 0 aromatic rings. The Morgan fingerprint density at radius 1 is 0.824 bits per heavy atom. The summed E-state index contributed by atoms with van der Waals surface area (Å²) in [6, 6.07) is 0. The van der Waals surface area contributed by atoms with Crippen molar-refractivity contribution in [1.29, 1.82) is 0 Å². The second kappa shape index (κ2) is 10.9. The summed E-state index contributed by atoms with van der Waals surface area (Å²) in [6.45, 7) is 20.0. The molecule has 0 aromatic carbocycles. The number of carbonyl (C=O) groups is 5. The van der Waals surface area contributed by atoms with Gasteiger partial charge < -0.3 is 38.6 Å². The van der Waals surface area contributed by atoms with Crippen LogP contribution in [0, 0.1) is 57.7 Å². The Bertz CT molecular complexity index is 1670. The highest BCUT2D eigenvalue weighted by molar-refractivity contribution is 5.95. The zero-order valence-corrected chi connectivity index (χ0v) is 30.9. The van der Waals surface area contributed by atoms with Crippen LogP contribution in [0.5, 0.6) is 0 Å². The highest BCUT2D eigenvalue weighted by Crippen LogP contribution is 2.77. The van der Waals surface area contributed by atoms with Crippen molar-refractivity contribution in [3.63, 3.8) is 0 Å². The predicted octanol–water partition coefficient (Wildman–Crippen LogP) is 2.79. The van der Waals surface area contributed by atoms with Crippen LogP contribution in [0.4, 0.5) is 0 Å². The highest BCUT2D eigenvalue weighted by Gasteiger charge is 2.85. The van der Waals surface area contributed by atoms with Crippen molar-refractivity contribution in [3.8, 4) is 0 Å². The number of ether oxygens (including phenoxy) is 6. The van der Waals surface area contributed by atoms with Crippen LogP contribution in [-0.2, 0) is 52.4 Å². The number of fused-ring (bicyclic) bond motifs is 10. The molecule has 2 N–H and O–H groups in total. The van der Waals surface area contributed by atoms with Crippen LogP contribution in [0.25, 0.3) is 0 Å². The average Bonchev–Trinajstić information content (AvgIpc) is 3.67. The third-order valence-corrected chi connectivity index (χ3v) is 14.8. The Morgan fingerprint density at radius 3 is 1.96 bits per heavy atom. The van der Waals surface area contributed by atoms with E-state index in [1.54, 1.807) is 13.8 Å². The normalized spacial score (nSPS) is 53.0. The van der Waals surface area contributed by atoms with Gasteiger partial charge in [0.1, 0.15) is 47.1 Å². The second-order valence-electron chi connectivity index (χ2n) is 17.1. The first kappa shape index (κ1) is 36.1. The first-order valence-corrected chi connectivity index (χ1v) is 17.9. The molecular weight excluding hydrogens is 664 g/mol. The monoisotopic (exact) mass is 714 g/mol. The van der Waals surface area contributed by atoms with Crippen molar-refractivity contribution >= 4 is 29.7 Å². The standard InChI is InChI=1S/C38H50O13/c1-14-12-22-35(9,37(11,44)16(3)46-22)27-24(14)34(8)26(30(27)48-18(5)40)23-25(15(2)32(34)49-19(6)41)36(10)33(50-20(7)42)28-21(51-28)13-38(36,45)31(43)29(23)47-17(4)39/h12,14-15,21,23-30,32-33,44-45H,3,13H2,1-2,4-11H3/t14-,15?,21+,23?,24+,25?,26-,27+,28+,29?,30-,32+,33+,34-,35+,36+,37-,38+/m1/s1. The molecular formula is C38H50O13. The summed E-state index contributed by atoms with van der Waals surface area (Å²) in [7, 11) is 0. The quantitative estimate of drug-likeness (QED) is 0.246. The van der Waals surface area contributed by atoms with Gasteiger partial charge in [0.15, 0.2) is 6.10 Å². The Kier molecular flexibility index (Phi) is 7.70. The maximum Gasteiger partial charge on any atom is 0.303 e. The summed E-state index contributed by atoms with van der Waals surface area (Å²) < 4.78 is 36.8. The van der Waals surface area contributed by atoms with Gasteiger partial charge in [-0.3, -0.25) is 24.0 Å². The summed E-state index contributed by atoms with van der Waals surface area (Å²) in [4.78, 5) is 67.0. The third-order valence-electron chi connectivity index (χ3n) is 14.8. The SMILES string of the molecule is C=C1OC2=C[C@@H](C)[C@H]3[C@@H]([C@H](OC(C)=O)[C@H]4C5C(OC(C)=O)C(=O)[C@@]6(O)C[C@@H]7O[C@@H]7[C@H](OC(C)=O)[C@]6(C)C5C(C)[C@H](OC(C)=O)[C@]34C)[C@@]2(C)[C@]1(C)O. The van der Waals surface area contributed by atoms with Crippen molar-refractivity contribution in [3.05, 3.63) is 24.2 Å². The third kappa shape index (κ3) is 4.28.